The fourth-order valence-electron chi connectivity index (χ4n) is 2.53. The van der Waals surface area contributed by atoms with E-state index in [1.54, 1.807) is 0 Å². The third-order valence-corrected chi connectivity index (χ3v) is 3.40. The molecule has 0 saturated heterocycles. The molecule has 2 heteroatoms. The van der Waals surface area contributed by atoms with Gasteiger partial charge in [0.2, 0.25) is 0 Å². The number of hydrogen-bond acceptors (Lipinski definition) is 2. The first-order valence-corrected chi connectivity index (χ1v) is 7.05. The lowest BCUT2D eigenvalue weighted by atomic mass is 10.00. The topological polar surface area (TPSA) is 21.3 Å². The van der Waals surface area contributed by atoms with Gasteiger partial charge in [-0.25, -0.2) is 0 Å². The average Bonchev–Trinajstić information content (AvgIpc) is 2.69. The first-order chi connectivity index (χ1) is 7.74. The van der Waals surface area contributed by atoms with E-state index in [0.717, 1.165) is 25.2 Å². The van der Waals surface area contributed by atoms with Crippen molar-refractivity contribution in [2.75, 3.05) is 19.8 Å². The zero-order chi connectivity index (χ0) is 11.8. The van der Waals surface area contributed by atoms with Gasteiger partial charge in [0.05, 0.1) is 0 Å². The van der Waals surface area contributed by atoms with E-state index in [0.29, 0.717) is 5.92 Å². The maximum Gasteiger partial charge on any atom is 0.0488 e. The summed E-state index contributed by atoms with van der Waals surface area (Å²) in [5.41, 5.74) is 0. The fourth-order valence-corrected chi connectivity index (χ4v) is 2.53. The summed E-state index contributed by atoms with van der Waals surface area (Å²) >= 11 is 0. The Labute approximate surface area is 101 Å². The quantitative estimate of drug-likeness (QED) is 0.643. The lowest BCUT2D eigenvalue weighted by molar-refractivity contribution is 0.0954. The highest BCUT2D eigenvalue weighted by atomic mass is 16.5. The molecule has 2 unspecified atom stereocenters. The molecule has 1 aliphatic carbocycles. The normalized spacial score (nSPS) is 25.5. The zero-order valence-corrected chi connectivity index (χ0v) is 11.3. The van der Waals surface area contributed by atoms with E-state index >= 15 is 0 Å². The molecule has 16 heavy (non-hydrogen) atoms. The first-order valence-electron chi connectivity index (χ1n) is 7.05. The summed E-state index contributed by atoms with van der Waals surface area (Å²) in [7, 11) is 0. The number of hydrogen-bond donors (Lipinski definition) is 1. The van der Waals surface area contributed by atoms with Gasteiger partial charge < -0.3 is 10.1 Å². The van der Waals surface area contributed by atoms with E-state index in [-0.39, 0.29) is 0 Å². The highest BCUT2D eigenvalue weighted by Gasteiger charge is 2.25. The van der Waals surface area contributed by atoms with E-state index in [9.17, 15) is 0 Å². The minimum atomic E-state index is 0.664. The number of rotatable bonds is 8. The molecule has 2 atom stereocenters. The van der Waals surface area contributed by atoms with Crippen LogP contribution in [0.15, 0.2) is 0 Å². The molecule has 0 heterocycles. The van der Waals surface area contributed by atoms with E-state index < -0.39 is 0 Å². The Balaban J connectivity index is 2.09. The largest absolute Gasteiger partial charge is 0.381 e. The van der Waals surface area contributed by atoms with Crippen LogP contribution in [-0.2, 0) is 4.74 Å². The Bertz CT molecular complexity index is 170. The third kappa shape index (κ3) is 5.31. The van der Waals surface area contributed by atoms with Gasteiger partial charge in [0.15, 0.2) is 0 Å². The van der Waals surface area contributed by atoms with E-state index in [1.165, 1.54) is 38.6 Å². The molecule has 0 amide bonds. The van der Waals surface area contributed by atoms with Crippen molar-refractivity contribution in [2.45, 2.75) is 58.9 Å². The van der Waals surface area contributed by atoms with Gasteiger partial charge in [-0.1, -0.05) is 27.2 Å². The molecular formula is C14H29NO. The van der Waals surface area contributed by atoms with Gasteiger partial charge in [-0.2, -0.15) is 0 Å². The Hall–Kier alpha value is -0.0800. The van der Waals surface area contributed by atoms with Crippen molar-refractivity contribution >= 4 is 0 Å². The molecule has 1 fully saturated rings. The summed E-state index contributed by atoms with van der Waals surface area (Å²) in [6.45, 7) is 9.70. The van der Waals surface area contributed by atoms with Crippen molar-refractivity contribution in [3.63, 3.8) is 0 Å². The highest BCUT2D eigenvalue weighted by molar-refractivity contribution is 4.82. The van der Waals surface area contributed by atoms with Crippen molar-refractivity contribution in [1.29, 1.82) is 0 Å². The van der Waals surface area contributed by atoms with Crippen LogP contribution in [0.3, 0.4) is 0 Å². The minimum Gasteiger partial charge on any atom is -0.381 e. The predicted octanol–water partition coefficient (Wildman–Crippen LogP) is 3.22. The summed E-state index contributed by atoms with van der Waals surface area (Å²) in [6, 6.07) is 0.766. The van der Waals surface area contributed by atoms with Crippen LogP contribution in [0.2, 0.25) is 0 Å². The number of ether oxygens (including phenoxy) is 1. The van der Waals surface area contributed by atoms with Gasteiger partial charge in [-0.3, -0.25) is 0 Å². The standard InChI is InChI=1S/C14H29NO/c1-4-9-15-14-7-5-6-13(14)8-10-16-11-12(2)3/h12-15H,4-11H2,1-3H3. The summed E-state index contributed by atoms with van der Waals surface area (Å²) in [6.07, 6.45) is 6.65. The summed E-state index contributed by atoms with van der Waals surface area (Å²) in [5, 5.41) is 3.68. The first kappa shape index (κ1) is 14.0. The highest BCUT2D eigenvalue weighted by Crippen LogP contribution is 2.28. The summed E-state index contributed by atoms with van der Waals surface area (Å²) in [4.78, 5) is 0. The minimum absolute atomic E-state index is 0.664. The lowest BCUT2D eigenvalue weighted by Gasteiger charge is -2.21. The predicted molar refractivity (Wildman–Crippen MR) is 69.7 cm³/mol. The smallest absolute Gasteiger partial charge is 0.0488 e. The monoisotopic (exact) mass is 227 g/mol. The Morgan fingerprint density at radius 3 is 2.81 bits per heavy atom. The van der Waals surface area contributed by atoms with Gasteiger partial charge in [0, 0.05) is 19.3 Å². The molecule has 0 aromatic carbocycles. The Morgan fingerprint density at radius 1 is 1.31 bits per heavy atom. The second-order valence-corrected chi connectivity index (χ2v) is 5.51. The second-order valence-electron chi connectivity index (χ2n) is 5.51. The molecular weight excluding hydrogens is 198 g/mol. The van der Waals surface area contributed by atoms with E-state index in [2.05, 4.69) is 26.1 Å². The number of nitrogens with one attached hydrogen (secondary N) is 1. The zero-order valence-electron chi connectivity index (χ0n) is 11.3. The second kappa shape index (κ2) is 8.08. The third-order valence-electron chi connectivity index (χ3n) is 3.40. The Morgan fingerprint density at radius 2 is 2.12 bits per heavy atom. The molecule has 1 saturated carbocycles. The molecule has 0 aliphatic heterocycles. The molecule has 0 aromatic rings. The van der Waals surface area contributed by atoms with Gasteiger partial charge in [-0.15, -0.1) is 0 Å². The maximum absolute atomic E-state index is 5.68. The van der Waals surface area contributed by atoms with Crippen molar-refractivity contribution in [3.8, 4) is 0 Å². The maximum atomic E-state index is 5.68. The van der Waals surface area contributed by atoms with Crippen LogP contribution in [0.4, 0.5) is 0 Å². The SMILES string of the molecule is CCCNC1CCCC1CCOCC(C)C. The van der Waals surface area contributed by atoms with Crippen LogP contribution in [0, 0.1) is 11.8 Å². The lowest BCUT2D eigenvalue weighted by Crippen LogP contribution is -2.33. The average molecular weight is 227 g/mol. The van der Waals surface area contributed by atoms with Crippen LogP contribution in [0.5, 0.6) is 0 Å². The molecule has 0 radical (unpaired) electrons. The molecule has 1 rings (SSSR count). The molecule has 1 aliphatic rings. The molecule has 0 bridgehead atoms. The molecule has 2 nitrogen and oxygen atoms in total. The van der Waals surface area contributed by atoms with Gasteiger partial charge in [-0.05, 0) is 44.1 Å². The van der Waals surface area contributed by atoms with Crippen molar-refractivity contribution in [3.05, 3.63) is 0 Å². The molecule has 1 N–H and O–H groups in total. The summed E-state index contributed by atoms with van der Waals surface area (Å²) < 4.78 is 5.68. The van der Waals surface area contributed by atoms with Crippen LogP contribution < -0.4 is 5.32 Å². The van der Waals surface area contributed by atoms with Gasteiger partial charge in [0.1, 0.15) is 0 Å². The fraction of sp³-hybridized carbons (Fsp3) is 1.00. The van der Waals surface area contributed by atoms with Crippen molar-refractivity contribution in [1.82, 2.24) is 5.32 Å². The molecule has 0 spiro atoms. The van der Waals surface area contributed by atoms with E-state index in [4.69, 9.17) is 4.74 Å². The van der Waals surface area contributed by atoms with E-state index in [1.807, 2.05) is 0 Å². The Kier molecular flexibility index (Phi) is 7.06. The van der Waals surface area contributed by atoms with Crippen LogP contribution >= 0.6 is 0 Å². The molecule has 0 aromatic heterocycles. The van der Waals surface area contributed by atoms with Crippen LogP contribution in [-0.4, -0.2) is 25.8 Å². The van der Waals surface area contributed by atoms with Crippen LogP contribution in [0.1, 0.15) is 52.9 Å². The van der Waals surface area contributed by atoms with Crippen molar-refractivity contribution in [2.24, 2.45) is 11.8 Å². The molecule has 96 valence electrons. The van der Waals surface area contributed by atoms with Crippen molar-refractivity contribution < 1.29 is 4.74 Å². The van der Waals surface area contributed by atoms with Crippen LogP contribution in [0.25, 0.3) is 0 Å². The van der Waals surface area contributed by atoms with Gasteiger partial charge in [0.25, 0.3) is 0 Å². The summed E-state index contributed by atoms with van der Waals surface area (Å²) in [5.74, 6) is 1.52. The van der Waals surface area contributed by atoms with Gasteiger partial charge >= 0.3 is 0 Å².